The lowest BCUT2D eigenvalue weighted by Crippen LogP contribution is -2.35. The largest absolute Gasteiger partial charge is 0.370 e. The average Bonchev–Trinajstić information content (AvgIpc) is 3.22. The van der Waals surface area contributed by atoms with E-state index in [1.165, 1.54) is 38.1 Å². The Balaban J connectivity index is 1.29. The van der Waals surface area contributed by atoms with Gasteiger partial charge in [-0.15, -0.1) is 0 Å². The van der Waals surface area contributed by atoms with Gasteiger partial charge in [0.1, 0.15) is 11.6 Å². The number of benzene rings is 1. The maximum Gasteiger partial charge on any atom is 0.259 e. The van der Waals surface area contributed by atoms with E-state index in [4.69, 9.17) is 4.52 Å². The molecule has 3 heterocycles. The molecular formula is C22H26FN5O. The summed E-state index contributed by atoms with van der Waals surface area (Å²) in [7, 11) is 0. The van der Waals surface area contributed by atoms with E-state index in [1.807, 2.05) is 12.1 Å². The maximum absolute atomic E-state index is 13.4. The van der Waals surface area contributed by atoms with Crippen LogP contribution in [-0.2, 0) is 0 Å². The second kappa shape index (κ2) is 9.13. The molecule has 2 aromatic heterocycles. The van der Waals surface area contributed by atoms with Gasteiger partial charge in [0.05, 0.1) is 5.56 Å². The van der Waals surface area contributed by atoms with Crippen molar-refractivity contribution in [2.75, 3.05) is 31.5 Å². The number of aromatic nitrogens is 3. The predicted octanol–water partition coefficient (Wildman–Crippen LogP) is 4.47. The van der Waals surface area contributed by atoms with Crippen LogP contribution in [0.15, 0.2) is 47.1 Å². The van der Waals surface area contributed by atoms with Gasteiger partial charge in [0, 0.05) is 24.8 Å². The van der Waals surface area contributed by atoms with E-state index in [0.29, 0.717) is 17.3 Å². The summed E-state index contributed by atoms with van der Waals surface area (Å²) in [6.45, 7) is 6.79. The molecule has 6 nitrogen and oxygen atoms in total. The molecule has 0 saturated carbocycles. The van der Waals surface area contributed by atoms with Gasteiger partial charge in [-0.1, -0.05) is 24.2 Å². The van der Waals surface area contributed by atoms with E-state index < -0.39 is 0 Å². The van der Waals surface area contributed by atoms with Gasteiger partial charge in [-0.25, -0.2) is 9.37 Å². The summed E-state index contributed by atoms with van der Waals surface area (Å²) in [4.78, 5) is 11.3. The van der Waals surface area contributed by atoms with Crippen LogP contribution in [0.25, 0.3) is 22.8 Å². The van der Waals surface area contributed by atoms with Gasteiger partial charge >= 0.3 is 0 Å². The van der Waals surface area contributed by atoms with Crippen molar-refractivity contribution in [1.82, 2.24) is 20.0 Å². The first-order valence-electron chi connectivity index (χ1n) is 10.2. The van der Waals surface area contributed by atoms with Crippen molar-refractivity contribution in [1.29, 1.82) is 0 Å². The number of nitrogens with one attached hydrogen (secondary N) is 1. The van der Waals surface area contributed by atoms with Crippen LogP contribution in [0, 0.1) is 11.7 Å². The predicted molar refractivity (Wildman–Crippen MR) is 111 cm³/mol. The van der Waals surface area contributed by atoms with E-state index >= 15 is 0 Å². The minimum Gasteiger partial charge on any atom is -0.370 e. The molecule has 1 aliphatic rings. The standard InChI is InChI=1S/C22H26FN5O/c1-16-5-3-11-28(15-16)12-4-10-24-20-9-8-18(14-25-20)22-26-21(27-29-22)17-6-2-7-19(23)13-17/h2,6-9,13-14,16H,3-5,10-12,15H2,1H3,(H,24,25)/t16-/m1/s1. The molecule has 1 atom stereocenters. The van der Waals surface area contributed by atoms with E-state index in [2.05, 4.69) is 32.3 Å². The zero-order valence-corrected chi connectivity index (χ0v) is 16.6. The molecule has 29 heavy (non-hydrogen) atoms. The summed E-state index contributed by atoms with van der Waals surface area (Å²) >= 11 is 0. The SMILES string of the molecule is C[C@@H]1CCCN(CCCNc2ccc(-c3nc(-c4cccc(F)c4)no3)cn2)C1. The van der Waals surface area contributed by atoms with E-state index in [-0.39, 0.29) is 5.82 Å². The third kappa shape index (κ3) is 5.17. The fraction of sp³-hybridized carbons (Fsp3) is 0.409. The molecule has 152 valence electrons. The molecule has 0 unspecified atom stereocenters. The van der Waals surface area contributed by atoms with E-state index in [1.54, 1.807) is 18.3 Å². The van der Waals surface area contributed by atoms with Crippen LogP contribution >= 0.6 is 0 Å². The molecule has 1 N–H and O–H groups in total. The Bertz CT molecular complexity index is 927. The van der Waals surface area contributed by atoms with Crippen LogP contribution in [0.2, 0.25) is 0 Å². The Morgan fingerprint density at radius 2 is 2.17 bits per heavy atom. The highest BCUT2D eigenvalue weighted by Gasteiger charge is 2.15. The summed E-state index contributed by atoms with van der Waals surface area (Å²) in [6, 6.07) is 9.93. The highest BCUT2D eigenvalue weighted by atomic mass is 19.1. The third-order valence-electron chi connectivity index (χ3n) is 5.22. The van der Waals surface area contributed by atoms with Crippen molar-refractivity contribution in [2.24, 2.45) is 5.92 Å². The Labute approximate surface area is 170 Å². The Kier molecular flexibility index (Phi) is 6.14. The first-order chi connectivity index (χ1) is 14.2. The zero-order valence-electron chi connectivity index (χ0n) is 16.6. The van der Waals surface area contributed by atoms with Crippen molar-refractivity contribution < 1.29 is 8.91 Å². The summed E-state index contributed by atoms with van der Waals surface area (Å²) in [6.07, 6.45) is 5.47. The number of anilines is 1. The van der Waals surface area contributed by atoms with Crippen molar-refractivity contribution >= 4 is 5.82 Å². The quantitative estimate of drug-likeness (QED) is 0.595. The molecule has 0 spiro atoms. The van der Waals surface area contributed by atoms with Crippen LogP contribution in [0.5, 0.6) is 0 Å². The summed E-state index contributed by atoms with van der Waals surface area (Å²) in [5.41, 5.74) is 1.31. The van der Waals surface area contributed by atoms with Crippen LogP contribution in [0.4, 0.5) is 10.2 Å². The number of likely N-dealkylation sites (tertiary alicyclic amines) is 1. The Morgan fingerprint density at radius 3 is 2.97 bits per heavy atom. The van der Waals surface area contributed by atoms with E-state index in [9.17, 15) is 4.39 Å². The first-order valence-corrected chi connectivity index (χ1v) is 10.2. The lowest BCUT2D eigenvalue weighted by atomic mass is 10.0. The van der Waals surface area contributed by atoms with Gasteiger partial charge in [-0.2, -0.15) is 4.98 Å². The normalized spacial score (nSPS) is 17.4. The number of rotatable bonds is 7. The monoisotopic (exact) mass is 395 g/mol. The molecular weight excluding hydrogens is 369 g/mol. The van der Waals surface area contributed by atoms with Crippen LogP contribution in [0.1, 0.15) is 26.2 Å². The average molecular weight is 395 g/mol. The summed E-state index contributed by atoms with van der Waals surface area (Å²) in [5.74, 6) is 2.03. The van der Waals surface area contributed by atoms with Crippen LogP contribution in [-0.4, -0.2) is 46.2 Å². The number of halogens is 1. The van der Waals surface area contributed by atoms with Gasteiger partial charge in [-0.3, -0.25) is 0 Å². The number of pyridine rings is 1. The smallest absolute Gasteiger partial charge is 0.259 e. The Morgan fingerprint density at radius 1 is 1.24 bits per heavy atom. The second-order valence-electron chi connectivity index (χ2n) is 7.69. The molecule has 4 rings (SSSR count). The molecule has 0 radical (unpaired) electrons. The number of hydrogen-bond acceptors (Lipinski definition) is 6. The molecule has 1 aliphatic heterocycles. The van der Waals surface area contributed by atoms with Gasteiger partial charge in [-0.05, 0) is 62.5 Å². The third-order valence-corrected chi connectivity index (χ3v) is 5.22. The van der Waals surface area contributed by atoms with Crippen molar-refractivity contribution in [2.45, 2.75) is 26.2 Å². The van der Waals surface area contributed by atoms with Gasteiger partial charge < -0.3 is 14.7 Å². The Hall–Kier alpha value is -2.80. The summed E-state index contributed by atoms with van der Waals surface area (Å²) in [5, 5.41) is 7.30. The number of piperidine rings is 1. The van der Waals surface area contributed by atoms with Crippen molar-refractivity contribution in [3.63, 3.8) is 0 Å². The minimum atomic E-state index is -0.333. The number of hydrogen-bond donors (Lipinski definition) is 1. The lowest BCUT2D eigenvalue weighted by Gasteiger charge is -2.30. The molecule has 1 fully saturated rings. The highest BCUT2D eigenvalue weighted by Crippen LogP contribution is 2.23. The van der Waals surface area contributed by atoms with Gasteiger partial charge in [0.15, 0.2) is 0 Å². The van der Waals surface area contributed by atoms with Crippen LogP contribution < -0.4 is 5.32 Å². The zero-order chi connectivity index (χ0) is 20.1. The molecule has 0 aliphatic carbocycles. The maximum atomic E-state index is 13.4. The fourth-order valence-corrected chi connectivity index (χ4v) is 3.72. The van der Waals surface area contributed by atoms with Gasteiger partial charge in [0.25, 0.3) is 5.89 Å². The van der Waals surface area contributed by atoms with Crippen molar-refractivity contribution in [3.05, 3.63) is 48.4 Å². The topological polar surface area (TPSA) is 67.1 Å². The highest BCUT2D eigenvalue weighted by molar-refractivity contribution is 5.60. The molecule has 1 aromatic carbocycles. The molecule has 3 aromatic rings. The molecule has 0 amide bonds. The van der Waals surface area contributed by atoms with E-state index in [0.717, 1.165) is 36.8 Å². The first kappa shape index (κ1) is 19.5. The minimum absolute atomic E-state index is 0.333. The molecule has 7 heteroatoms. The summed E-state index contributed by atoms with van der Waals surface area (Å²) < 4.78 is 18.7. The van der Waals surface area contributed by atoms with Crippen molar-refractivity contribution in [3.8, 4) is 22.8 Å². The molecule has 1 saturated heterocycles. The van der Waals surface area contributed by atoms with Crippen LogP contribution in [0.3, 0.4) is 0 Å². The lowest BCUT2D eigenvalue weighted by molar-refractivity contribution is 0.183. The fourth-order valence-electron chi connectivity index (χ4n) is 3.72. The van der Waals surface area contributed by atoms with Gasteiger partial charge in [0.2, 0.25) is 5.82 Å². The molecule has 0 bridgehead atoms. The second-order valence-corrected chi connectivity index (χ2v) is 7.69. The number of nitrogens with zero attached hydrogens (tertiary/aromatic N) is 4.